The van der Waals surface area contributed by atoms with Crippen LogP contribution in [0, 0.1) is 0 Å². The van der Waals surface area contributed by atoms with Gasteiger partial charge in [0.05, 0.1) is 18.5 Å². The molecule has 1 saturated carbocycles. The van der Waals surface area contributed by atoms with Crippen LogP contribution < -0.4 is 5.73 Å². The van der Waals surface area contributed by atoms with Crippen molar-refractivity contribution < 1.29 is 39.1 Å². The minimum atomic E-state index is -2.06. The van der Waals surface area contributed by atoms with Gasteiger partial charge in [0, 0.05) is 6.42 Å². The monoisotopic (exact) mass is 587 g/mol. The fourth-order valence-corrected chi connectivity index (χ4v) is 5.18. The van der Waals surface area contributed by atoms with Gasteiger partial charge in [-0.25, -0.2) is 14.6 Å². The van der Waals surface area contributed by atoms with Crippen LogP contribution in [-0.4, -0.2) is 97.9 Å². The number of nitrogens with zero attached hydrogens (tertiary/aromatic N) is 7. The van der Waals surface area contributed by atoms with Crippen molar-refractivity contribution in [2.24, 2.45) is 0 Å². The number of aliphatic hydroxyl groups excluding tert-OH is 1. The highest BCUT2D eigenvalue weighted by Crippen LogP contribution is 2.57. The van der Waals surface area contributed by atoms with Crippen LogP contribution in [0.1, 0.15) is 34.9 Å². The number of carboxylic acid groups (broad SMARTS) is 1. The summed E-state index contributed by atoms with van der Waals surface area (Å²) in [7, 11) is 0. The minimum Gasteiger partial charge on any atom is -0.478 e. The van der Waals surface area contributed by atoms with E-state index in [0.717, 1.165) is 0 Å². The van der Waals surface area contributed by atoms with Crippen LogP contribution in [0.15, 0.2) is 30.6 Å². The number of aliphatic hydroxyl groups is 2. The van der Waals surface area contributed by atoms with Gasteiger partial charge in [0.1, 0.15) is 23.8 Å². The SMILES string of the molecule is CCOC(=O)C(Cc1ccc(C(=O)O)cc1)(OC1[C@H]2O[C@@H](n3cnc4c(N)nc(Cl)nc43)[C@H](O)[C@@]12O)c1nn[nH]n1. The van der Waals surface area contributed by atoms with E-state index in [0.29, 0.717) is 5.56 Å². The normalized spacial score (nSPS) is 26.4. The Morgan fingerprint density at radius 2 is 2.05 bits per heavy atom. The number of nitrogen functional groups attached to an aromatic ring is 1. The van der Waals surface area contributed by atoms with Crippen LogP contribution in [0.5, 0.6) is 0 Å². The molecule has 17 nitrogen and oxygen atoms in total. The van der Waals surface area contributed by atoms with Crippen LogP contribution in [0.4, 0.5) is 5.82 Å². The molecule has 1 aliphatic carbocycles. The number of nitrogens with two attached hydrogens (primary N) is 1. The van der Waals surface area contributed by atoms with E-state index in [1.807, 2.05) is 0 Å². The number of fused-ring (bicyclic) bond motifs is 2. The largest absolute Gasteiger partial charge is 0.478 e. The number of imidazole rings is 1. The van der Waals surface area contributed by atoms with Gasteiger partial charge in [0.15, 0.2) is 23.3 Å². The average Bonchev–Trinajstić information content (AvgIpc) is 3.44. The lowest BCUT2D eigenvalue weighted by atomic mass is 9.92. The van der Waals surface area contributed by atoms with E-state index in [-0.39, 0.29) is 46.7 Å². The number of ether oxygens (including phenoxy) is 3. The summed E-state index contributed by atoms with van der Waals surface area (Å²) < 4.78 is 18.8. The molecule has 3 aromatic heterocycles. The van der Waals surface area contributed by atoms with Crippen molar-refractivity contribution in [1.82, 2.24) is 40.1 Å². The summed E-state index contributed by atoms with van der Waals surface area (Å²) in [5.41, 5.74) is 2.72. The molecule has 2 aliphatic rings. The Labute approximate surface area is 234 Å². The van der Waals surface area contributed by atoms with Crippen LogP contribution in [0.3, 0.4) is 0 Å². The molecule has 6 N–H and O–H groups in total. The Morgan fingerprint density at radius 1 is 1.29 bits per heavy atom. The number of carboxylic acids is 1. The molecule has 0 radical (unpaired) electrons. The first kappa shape index (κ1) is 26.9. The predicted octanol–water partition coefficient (Wildman–Crippen LogP) is -0.637. The number of tetrazole rings is 1. The van der Waals surface area contributed by atoms with Crippen molar-refractivity contribution in [3.8, 4) is 0 Å². The molecule has 1 saturated heterocycles. The molecular weight excluding hydrogens is 566 g/mol. The van der Waals surface area contributed by atoms with E-state index in [9.17, 15) is 24.9 Å². The van der Waals surface area contributed by atoms with Crippen LogP contribution in [0.2, 0.25) is 5.28 Å². The minimum absolute atomic E-state index is 0.0204. The zero-order valence-electron chi connectivity index (χ0n) is 21.1. The molecule has 4 heterocycles. The van der Waals surface area contributed by atoms with E-state index in [1.165, 1.54) is 35.2 Å². The molecule has 6 rings (SSSR count). The summed E-state index contributed by atoms with van der Waals surface area (Å²) in [6.07, 6.45) is -4.01. The van der Waals surface area contributed by atoms with Gasteiger partial charge in [-0.15, -0.1) is 10.2 Å². The maximum atomic E-state index is 13.5. The lowest BCUT2D eigenvalue weighted by Gasteiger charge is -2.31. The van der Waals surface area contributed by atoms with E-state index in [2.05, 4.69) is 35.6 Å². The van der Waals surface area contributed by atoms with Gasteiger partial charge < -0.3 is 35.3 Å². The Bertz CT molecular complexity index is 1630. The number of anilines is 1. The quantitative estimate of drug-likeness (QED) is 0.121. The second-order valence-corrected chi connectivity index (χ2v) is 9.82. The molecule has 41 heavy (non-hydrogen) atoms. The number of aromatic carboxylic acids is 1. The molecule has 1 aliphatic heterocycles. The highest BCUT2D eigenvalue weighted by Gasteiger charge is 2.79. The van der Waals surface area contributed by atoms with E-state index >= 15 is 0 Å². The molecule has 2 fully saturated rings. The van der Waals surface area contributed by atoms with Gasteiger partial charge in [-0.2, -0.15) is 15.2 Å². The topological polar surface area (TPSA) is 247 Å². The van der Waals surface area contributed by atoms with Gasteiger partial charge in [-0.05, 0) is 36.2 Å². The molecule has 0 amide bonds. The first-order valence-corrected chi connectivity index (χ1v) is 12.6. The van der Waals surface area contributed by atoms with Gasteiger partial charge in [0.2, 0.25) is 16.7 Å². The summed E-state index contributed by atoms with van der Waals surface area (Å²) in [6, 6.07) is 5.71. The number of hydrogen-bond acceptors (Lipinski definition) is 14. The standard InChI is InChI=1S/C23H22ClN9O8/c1-2-39-20(37)22(19-29-31-32-30-19,7-9-3-5-10(6-4-9)18(35)36)41-14-13-23(14,38)12(34)17(40-13)33-8-26-11-15(25)27-21(24)28-16(11)33/h3-6,8,12-14,17,34,38H,2,7H2,1H3,(H,35,36)(H2,25,27,28)(H,29,30,31,32)/t12-,13+,14?,17+,22?,23-/m0/s1. The third kappa shape index (κ3) is 4.16. The zero-order valence-corrected chi connectivity index (χ0v) is 21.8. The fourth-order valence-electron chi connectivity index (χ4n) is 5.01. The molecule has 4 aromatic rings. The number of carbonyl (C=O) groups excluding carboxylic acids is 1. The number of carbonyl (C=O) groups is 2. The lowest BCUT2D eigenvalue weighted by molar-refractivity contribution is -0.192. The summed E-state index contributed by atoms with van der Waals surface area (Å²) in [5.74, 6) is -2.21. The number of H-pyrrole nitrogens is 1. The van der Waals surface area contributed by atoms with Crippen molar-refractivity contribution in [3.05, 3.63) is 52.8 Å². The van der Waals surface area contributed by atoms with Gasteiger partial charge in [-0.3, -0.25) is 4.57 Å². The second-order valence-electron chi connectivity index (χ2n) is 9.48. The van der Waals surface area contributed by atoms with Crippen molar-refractivity contribution in [2.45, 2.75) is 49.1 Å². The number of hydrogen-bond donors (Lipinski definition) is 5. The maximum absolute atomic E-state index is 13.5. The van der Waals surface area contributed by atoms with Gasteiger partial charge >= 0.3 is 11.9 Å². The third-order valence-electron chi connectivity index (χ3n) is 7.10. The Morgan fingerprint density at radius 3 is 2.66 bits per heavy atom. The third-order valence-corrected chi connectivity index (χ3v) is 7.27. The van der Waals surface area contributed by atoms with Crippen molar-refractivity contribution in [3.63, 3.8) is 0 Å². The highest BCUT2D eigenvalue weighted by molar-refractivity contribution is 6.28. The van der Waals surface area contributed by atoms with Crippen molar-refractivity contribution in [2.75, 3.05) is 12.3 Å². The summed E-state index contributed by atoms with van der Waals surface area (Å²) in [5, 5.41) is 45.5. The number of esters is 1. The maximum Gasteiger partial charge on any atom is 0.347 e. The molecule has 0 bridgehead atoms. The molecule has 6 atom stereocenters. The van der Waals surface area contributed by atoms with Gasteiger partial charge in [0.25, 0.3) is 0 Å². The predicted molar refractivity (Wildman–Crippen MR) is 134 cm³/mol. The Kier molecular flexibility index (Phi) is 6.34. The van der Waals surface area contributed by atoms with E-state index in [1.54, 1.807) is 6.92 Å². The molecule has 1 aromatic carbocycles. The van der Waals surface area contributed by atoms with Crippen LogP contribution in [0.25, 0.3) is 11.2 Å². The molecule has 2 unspecified atom stereocenters. The van der Waals surface area contributed by atoms with Crippen LogP contribution >= 0.6 is 11.6 Å². The fraction of sp³-hybridized carbons (Fsp3) is 0.391. The van der Waals surface area contributed by atoms with Crippen molar-refractivity contribution >= 4 is 40.5 Å². The summed E-state index contributed by atoms with van der Waals surface area (Å²) >= 11 is 5.94. The first-order chi connectivity index (χ1) is 19.6. The smallest absolute Gasteiger partial charge is 0.347 e. The van der Waals surface area contributed by atoms with E-state index < -0.39 is 47.7 Å². The number of nitrogens with one attached hydrogen (secondary N) is 1. The molecular formula is C23H22ClN9O8. The first-order valence-electron chi connectivity index (χ1n) is 12.2. The Balaban J connectivity index is 1.33. The number of aromatic amines is 1. The van der Waals surface area contributed by atoms with Crippen molar-refractivity contribution in [1.29, 1.82) is 0 Å². The Hall–Kier alpha value is -4.29. The molecule has 214 valence electrons. The summed E-state index contributed by atoms with van der Waals surface area (Å²) in [6.45, 7) is 1.57. The number of rotatable bonds is 9. The summed E-state index contributed by atoms with van der Waals surface area (Å²) in [4.78, 5) is 36.9. The second kappa shape index (κ2) is 9.67. The zero-order chi connectivity index (χ0) is 29.1. The molecule has 0 spiro atoms. The molecule has 18 heteroatoms. The average molecular weight is 588 g/mol. The van der Waals surface area contributed by atoms with Gasteiger partial charge in [-0.1, -0.05) is 17.3 Å². The van der Waals surface area contributed by atoms with E-state index in [4.69, 9.17) is 31.5 Å². The lowest BCUT2D eigenvalue weighted by Crippen LogP contribution is -2.47. The van der Waals surface area contributed by atoms with Crippen LogP contribution in [-0.2, 0) is 31.0 Å². The highest BCUT2D eigenvalue weighted by atomic mass is 35.5. The number of halogens is 1. The number of benzene rings is 1. The number of aromatic nitrogens is 8.